The number of carbonyl (C=O) groups excluding carboxylic acids is 1. The van der Waals surface area contributed by atoms with Crippen LogP contribution in [0.5, 0.6) is 11.5 Å². The summed E-state index contributed by atoms with van der Waals surface area (Å²) in [6.07, 6.45) is 5.81. The number of aromatic hydroxyl groups is 1. The molecule has 6 rings (SSSR count). The monoisotopic (exact) mass is 413 g/mol. The van der Waals surface area contributed by atoms with E-state index in [-0.39, 0.29) is 22.2 Å². The summed E-state index contributed by atoms with van der Waals surface area (Å²) in [7, 11) is 0. The van der Waals surface area contributed by atoms with E-state index in [9.17, 15) is 15.1 Å². The number of Topliss-reactive ketones (excluding diaryl/α,β-unsaturated/α-hetero) is 1. The van der Waals surface area contributed by atoms with Crippen molar-refractivity contribution in [3.63, 3.8) is 0 Å². The second-order valence-corrected chi connectivity index (χ2v) is 10.2. The van der Waals surface area contributed by atoms with Crippen molar-refractivity contribution >= 4 is 5.78 Å². The van der Waals surface area contributed by atoms with Crippen LogP contribution >= 0.6 is 0 Å². The van der Waals surface area contributed by atoms with Crippen LogP contribution in [-0.4, -0.2) is 53.0 Å². The number of carbonyl (C=O) groups is 1. The molecule has 30 heavy (non-hydrogen) atoms. The molecule has 6 nitrogen and oxygen atoms in total. The number of quaternary nitrogens is 1. The Morgan fingerprint density at radius 1 is 1.33 bits per heavy atom. The molecule has 1 spiro atoms. The van der Waals surface area contributed by atoms with Crippen molar-refractivity contribution in [2.75, 3.05) is 19.7 Å². The van der Waals surface area contributed by atoms with E-state index < -0.39 is 17.1 Å². The van der Waals surface area contributed by atoms with Crippen molar-refractivity contribution in [1.82, 2.24) is 0 Å². The van der Waals surface area contributed by atoms with Gasteiger partial charge in [0.15, 0.2) is 23.4 Å². The minimum Gasteiger partial charge on any atom is -0.632 e. The van der Waals surface area contributed by atoms with Gasteiger partial charge in [0.2, 0.25) is 0 Å². The van der Waals surface area contributed by atoms with Gasteiger partial charge < -0.3 is 24.4 Å². The normalized spacial score (nSPS) is 40.8. The number of phenols is 1. The summed E-state index contributed by atoms with van der Waals surface area (Å²) >= 11 is 0. The zero-order valence-corrected chi connectivity index (χ0v) is 17.7. The number of ketones is 1. The van der Waals surface area contributed by atoms with Crippen LogP contribution in [0.1, 0.15) is 63.0 Å². The smallest absolute Gasteiger partial charge is 0.174 e. The lowest BCUT2D eigenvalue weighted by atomic mass is 9.48. The number of rotatable bonds is 6. The first-order valence-corrected chi connectivity index (χ1v) is 11.7. The molecule has 1 aromatic carbocycles. The third kappa shape index (κ3) is 2.22. The van der Waals surface area contributed by atoms with Gasteiger partial charge in [0.1, 0.15) is 11.6 Å². The van der Waals surface area contributed by atoms with E-state index in [2.05, 4.69) is 6.92 Å². The van der Waals surface area contributed by atoms with E-state index in [0.717, 1.165) is 36.8 Å². The van der Waals surface area contributed by atoms with E-state index in [4.69, 9.17) is 9.47 Å². The molecule has 5 aliphatic rings. The van der Waals surface area contributed by atoms with Gasteiger partial charge in [0.25, 0.3) is 0 Å². The van der Waals surface area contributed by atoms with Gasteiger partial charge >= 0.3 is 0 Å². The van der Waals surface area contributed by atoms with E-state index in [1.54, 1.807) is 6.07 Å². The number of unbranched alkanes of at least 4 members (excludes halogenated alkanes) is 1. The Kier molecular flexibility index (Phi) is 3.95. The van der Waals surface area contributed by atoms with Gasteiger partial charge in [-0.05, 0) is 37.3 Å². The lowest BCUT2D eigenvalue weighted by molar-refractivity contribution is -0.924. The van der Waals surface area contributed by atoms with Crippen molar-refractivity contribution in [1.29, 1.82) is 0 Å². The number of piperidine rings is 1. The van der Waals surface area contributed by atoms with Gasteiger partial charge in [-0.25, -0.2) is 0 Å². The average molecular weight is 414 g/mol. The van der Waals surface area contributed by atoms with E-state index >= 15 is 0 Å². The number of hydroxylamine groups is 3. The average Bonchev–Trinajstić information content (AvgIpc) is 3.45. The molecular formula is C24H31NO5. The molecule has 2 bridgehead atoms. The molecule has 1 N–H and O–H groups in total. The fraction of sp³-hybridized carbons (Fsp3) is 0.708. The van der Waals surface area contributed by atoms with Gasteiger partial charge in [-0.15, -0.1) is 0 Å². The summed E-state index contributed by atoms with van der Waals surface area (Å²) in [5, 5.41) is 24.9. The van der Waals surface area contributed by atoms with E-state index in [1.807, 2.05) is 6.07 Å². The largest absolute Gasteiger partial charge is 0.632 e. The lowest BCUT2D eigenvalue weighted by Crippen LogP contribution is -2.81. The van der Waals surface area contributed by atoms with Crippen molar-refractivity contribution < 1.29 is 24.0 Å². The first kappa shape index (κ1) is 19.1. The highest BCUT2D eigenvalue weighted by Crippen LogP contribution is 2.67. The van der Waals surface area contributed by atoms with Crippen LogP contribution in [0.2, 0.25) is 0 Å². The first-order valence-electron chi connectivity index (χ1n) is 11.7. The standard InChI is InChI=1S/C24H31NO5/c1-2-3-12-29-24-9-8-18(27)22-23(24)10-11-25(28,14-15-4-5-15)19(24)13-16-6-7-17(26)21(30-22)20(16)23/h6-7,15,19,22,26H,2-5,8-14H2,1H3/t19-,22+,23+,24?,25?/m1/s1. The summed E-state index contributed by atoms with van der Waals surface area (Å²) in [6, 6.07) is 3.38. The molecule has 6 heteroatoms. The summed E-state index contributed by atoms with van der Waals surface area (Å²) < 4.78 is 12.8. The Hall–Kier alpha value is -1.63. The molecule has 162 valence electrons. The van der Waals surface area contributed by atoms with Gasteiger partial charge in [0.05, 0.1) is 18.5 Å². The van der Waals surface area contributed by atoms with Gasteiger partial charge in [-0.3, -0.25) is 4.79 Å². The molecule has 1 saturated heterocycles. The van der Waals surface area contributed by atoms with Crippen LogP contribution in [0.3, 0.4) is 0 Å². The number of ether oxygens (including phenoxy) is 2. The molecule has 2 saturated carbocycles. The number of benzene rings is 1. The highest BCUT2D eigenvalue weighted by molar-refractivity contribution is 5.90. The highest BCUT2D eigenvalue weighted by Gasteiger charge is 2.77. The molecule has 0 radical (unpaired) electrons. The van der Waals surface area contributed by atoms with Crippen LogP contribution in [0, 0.1) is 11.1 Å². The zero-order valence-electron chi connectivity index (χ0n) is 17.7. The fourth-order valence-electron chi connectivity index (χ4n) is 7.20. The highest BCUT2D eigenvalue weighted by atomic mass is 16.6. The Bertz CT molecular complexity index is 913. The molecule has 3 fully saturated rings. The Morgan fingerprint density at radius 3 is 2.93 bits per heavy atom. The Balaban J connectivity index is 1.57. The van der Waals surface area contributed by atoms with Crippen LogP contribution < -0.4 is 4.74 Å². The fourth-order valence-corrected chi connectivity index (χ4v) is 7.20. The van der Waals surface area contributed by atoms with Crippen molar-refractivity contribution in [3.05, 3.63) is 28.5 Å². The van der Waals surface area contributed by atoms with Gasteiger partial charge in [0, 0.05) is 37.4 Å². The zero-order chi connectivity index (χ0) is 20.7. The number of nitrogens with zero attached hydrogens (tertiary/aromatic N) is 1. The first-order chi connectivity index (χ1) is 14.5. The lowest BCUT2D eigenvalue weighted by Gasteiger charge is -2.68. The van der Waals surface area contributed by atoms with Crippen molar-refractivity contribution in [2.24, 2.45) is 5.92 Å². The minimum atomic E-state index is -0.693. The van der Waals surface area contributed by atoms with Crippen LogP contribution in [0.15, 0.2) is 12.1 Å². The maximum Gasteiger partial charge on any atom is 0.174 e. The maximum absolute atomic E-state index is 14.4. The molecule has 2 aliphatic heterocycles. The summed E-state index contributed by atoms with van der Waals surface area (Å²) in [5.74, 6) is 1.17. The molecule has 2 unspecified atom stereocenters. The topological polar surface area (TPSA) is 78.8 Å². The number of hydrogen-bond donors (Lipinski definition) is 1. The third-order valence-corrected chi connectivity index (χ3v) is 8.67. The number of phenolic OH excluding ortho intramolecular Hbond substituents is 1. The summed E-state index contributed by atoms with van der Waals surface area (Å²) in [5.41, 5.74) is 0.694. The van der Waals surface area contributed by atoms with E-state index in [0.29, 0.717) is 57.0 Å². The van der Waals surface area contributed by atoms with E-state index in [1.165, 1.54) is 0 Å². The minimum absolute atomic E-state index is 0.0833. The molecule has 0 amide bonds. The Labute approximate surface area is 177 Å². The second-order valence-electron chi connectivity index (χ2n) is 10.2. The predicted octanol–water partition coefficient (Wildman–Crippen LogP) is 3.36. The van der Waals surface area contributed by atoms with Crippen molar-refractivity contribution in [2.45, 2.75) is 81.5 Å². The van der Waals surface area contributed by atoms with Crippen LogP contribution in [0.4, 0.5) is 0 Å². The molecule has 5 atom stereocenters. The van der Waals surface area contributed by atoms with Gasteiger partial charge in [-0.2, -0.15) is 0 Å². The SMILES string of the molecule is CCCCOC12CCC(=O)[C@@H]3Oc4c(O)ccc5c4[C@@]31CC[N+]([O-])(CC1CC1)[C@@H]2C5. The maximum atomic E-state index is 14.4. The van der Waals surface area contributed by atoms with Crippen LogP contribution in [-0.2, 0) is 21.4 Å². The van der Waals surface area contributed by atoms with Crippen molar-refractivity contribution in [3.8, 4) is 11.5 Å². The van der Waals surface area contributed by atoms with Crippen LogP contribution in [0.25, 0.3) is 0 Å². The number of hydrogen-bond acceptors (Lipinski definition) is 5. The molecule has 2 heterocycles. The summed E-state index contributed by atoms with van der Waals surface area (Å²) in [4.78, 5) is 13.1. The molecular weight excluding hydrogens is 382 g/mol. The summed E-state index contributed by atoms with van der Waals surface area (Å²) in [6.45, 7) is 3.91. The Morgan fingerprint density at radius 2 is 2.17 bits per heavy atom. The second kappa shape index (κ2) is 6.21. The predicted molar refractivity (Wildman–Crippen MR) is 110 cm³/mol. The molecule has 3 aliphatic carbocycles. The van der Waals surface area contributed by atoms with Gasteiger partial charge in [-0.1, -0.05) is 19.4 Å². The molecule has 0 aromatic heterocycles. The molecule has 1 aromatic rings. The number of likely N-dealkylation sites (tertiary alicyclic amines) is 1. The third-order valence-electron chi connectivity index (χ3n) is 8.67. The quantitative estimate of drug-likeness (QED) is 0.440.